The van der Waals surface area contributed by atoms with Gasteiger partial charge in [0.2, 0.25) is 17.7 Å². The van der Waals surface area contributed by atoms with Crippen LogP contribution in [0.15, 0.2) is 47.1 Å². The van der Waals surface area contributed by atoms with Crippen LogP contribution >= 0.6 is 0 Å². The number of para-hydroxylation sites is 1. The summed E-state index contributed by atoms with van der Waals surface area (Å²) >= 11 is 0. The summed E-state index contributed by atoms with van der Waals surface area (Å²) in [6.07, 6.45) is -0.484. The van der Waals surface area contributed by atoms with Crippen molar-refractivity contribution in [2.45, 2.75) is 32.3 Å². The highest BCUT2D eigenvalue weighted by Gasteiger charge is 2.62. The molecule has 2 aliphatic rings. The van der Waals surface area contributed by atoms with Gasteiger partial charge >= 0.3 is 5.97 Å². The van der Waals surface area contributed by atoms with E-state index in [0.29, 0.717) is 11.3 Å². The van der Waals surface area contributed by atoms with Crippen molar-refractivity contribution >= 4 is 23.5 Å². The van der Waals surface area contributed by atoms with Gasteiger partial charge in [-0.05, 0) is 26.8 Å². The minimum atomic E-state index is -1.89. The summed E-state index contributed by atoms with van der Waals surface area (Å²) in [6, 6.07) is 8.44. The highest BCUT2D eigenvalue weighted by atomic mass is 16.5. The first-order chi connectivity index (χ1) is 13.7. The van der Waals surface area contributed by atoms with Crippen molar-refractivity contribution in [3.05, 3.63) is 52.6 Å². The van der Waals surface area contributed by atoms with Gasteiger partial charge < -0.3 is 25.8 Å². The molecule has 29 heavy (non-hydrogen) atoms. The Kier molecular flexibility index (Phi) is 4.80. The van der Waals surface area contributed by atoms with Gasteiger partial charge in [-0.3, -0.25) is 9.59 Å². The largest absolute Gasteiger partial charge is 0.459 e. The molecule has 0 saturated heterocycles. The van der Waals surface area contributed by atoms with Crippen LogP contribution in [-0.2, 0) is 29.3 Å². The standard InChI is InChI=1S/C20H20N4O5/c1-10(2)28-18(26)16-11(3)29-17(23)13(8-21)20(16)12-6-4-5-7-14(12)24(19(20)27)9-15(22)25/h4-7,10H,9,23H2,1-3H3,(H2,22,25)/t20-/m0/s1. The van der Waals surface area contributed by atoms with Crippen LogP contribution in [0.2, 0.25) is 0 Å². The number of nitriles is 1. The average molecular weight is 396 g/mol. The number of carbonyl (C=O) groups excluding carboxylic acids is 3. The van der Waals surface area contributed by atoms with Crippen LogP contribution in [0.25, 0.3) is 0 Å². The van der Waals surface area contributed by atoms with Gasteiger partial charge in [-0.1, -0.05) is 18.2 Å². The van der Waals surface area contributed by atoms with Crippen LogP contribution in [0.5, 0.6) is 0 Å². The number of hydrogen-bond acceptors (Lipinski definition) is 7. The molecule has 2 heterocycles. The van der Waals surface area contributed by atoms with E-state index < -0.39 is 35.8 Å². The molecule has 2 amide bonds. The van der Waals surface area contributed by atoms with Crippen LogP contribution in [0.4, 0.5) is 5.69 Å². The lowest BCUT2D eigenvalue weighted by Crippen LogP contribution is -2.50. The number of esters is 1. The zero-order chi connectivity index (χ0) is 21.5. The van der Waals surface area contributed by atoms with Gasteiger partial charge in [-0.2, -0.15) is 5.26 Å². The topological polar surface area (TPSA) is 149 Å². The van der Waals surface area contributed by atoms with E-state index in [0.717, 1.165) is 4.90 Å². The summed E-state index contributed by atoms with van der Waals surface area (Å²) in [6.45, 7) is 4.35. The zero-order valence-electron chi connectivity index (χ0n) is 16.2. The monoisotopic (exact) mass is 396 g/mol. The summed E-state index contributed by atoms with van der Waals surface area (Å²) in [5.41, 5.74) is 9.66. The molecule has 1 spiro atoms. The smallest absolute Gasteiger partial charge is 0.339 e. The number of amides is 2. The molecule has 4 N–H and O–H groups in total. The molecule has 1 aromatic rings. The Hall–Kier alpha value is -3.80. The Morgan fingerprint density at radius 1 is 1.34 bits per heavy atom. The highest BCUT2D eigenvalue weighted by Crippen LogP contribution is 2.54. The summed E-state index contributed by atoms with van der Waals surface area (Å²) in [7, 11) is 0. The van der Waals surface area contributed by atoms with Gasteiger partial charge in [0, 0.05) is 11.3 Å². The number of primary amides is 1. The molecule has 0 aromatic heterocycles. The van der Waals surface area contributed by atoms with E-state index in [1.54, 1.807) is 38.1 Å². The Bertz CT molecular complexity index is 1030. The van der Waals surface area contributed by atoms with Gasteiger partial charge in [0.1, 0.15) is 29.5 Å². The molecular formula is C20H20N4O5. The molecule has 1 aromatic carbocycles. The minimum absolute atomic E-state index is 0.0382. The number of fused-ring (bicyclic) bond motifs is 2. The number of carbonyl (C=O) groups is 3. The van der Waals surface area contributed by atoms with Crippen LogP contribution < -0.4 is 16.4 Å². The second-order valence-electron chi connectivity index (χ2n) is 6.96. The van der Waals surface area contributed by atoms with E-state index in [2.05, 4.69) is 0 Å². The normalized spacial score (nSPS) is 20.7. The lowest BCUT2D eigenvalue weighted by molar-refractivity contribution is -0.144. The maximum atomic E-state index is 13.7. The highest BCUT2D eigenvalue weighted by molar-refractivity contribution is 6.19. The van der Waals surface area contributed by atoms with Gasteiger partial charge in [0.15, 0.2) is 5.41 Å². The molecular weight excluding hydrogens is 376 g/mol. The summed E-state index contributed by atoms with van der Waals surface area (Å²) in [5.74, 6) is -2.52. The molecule has 1 atom stereocenters. The van der Waals surface area contributed by atoms with Crippen molar-refractivity contribution in [1.82, 2.24) is 0 Å². The van der Waals surface area contributed by atoms with E-state index >= 15 is 0 Å². The molecule has 0 saturated carbocycles. The first kappa shape index (κ1) is 19.9. The maximum Gasteiger partial charge on any atom is 0.339 e. The van der Waals surface area contributed by atoms with Gasteiger partial charge in [0.05, 0.1) is 6.10 Å². The third-order valence-corrected chi connectivity index (χ3v) is 4.75. The fourth-order valence-corrected chi connectivity index (χ4v) is 3.80. The van der Waals surface area contributed by atoms with Crippen molar-refractivity contribution in [3.63, 3.8) is 0 Å². The van der Waals surface area contributed by atoms with Crippen LogP contribution in [0, 0.1) is 11.3 Å². The predicted molar refractivity (Wildman–Crippen MR) is 102 cm³/mol. The zero-order valence-corrected chi connectivity index (χ0v) is 16.2. The Labute approximate surface area is 167 Å². The number of allylic oxidation sites excluding steroid dienone is 1. The molecule has 0 aliphatic carbocycles. The molecule has 9 heteroatoms. The van der Waals surface area contributed by atoms with E-state index in [1.807, 2.05) is 6.07 Å². The van der Waals surface area contributed by atoms with Crippen LogP contribution in [0.3, 0.4) is 0 Å². The van der Waals surface area contributed by atoms with E-state index in [9.17, 15) is 19.6 Å². The first-order valence-corrected chi connectivity index (χ1v) is 8.86. The second-order valence-corrected chi connectivity index (χ2v) is 6.96. The maximum absolute atomic E-state index is 13.7. The van der Waals surface area contributed by atoms with Crippen molar-refractivity contribution in [2.75, 3.05) is 11.4 Å². The number of ether oxygens (including phenoxy) is 2. The summed E-state index contributed by atoms with van der Waals surface area (Å²) in [5, 5.41) is 9.86. The Morgan fingerprint density at radius 2 is 2.00 bits per heavy atom. The fourth-order valence-electron chi connectivity index (χ4n) is 3.80. The lowest BCUT2D eigenvalue weighted by atomic mass is 9.68. The van der Waals surface area contributed by atoms with E-state index in [-0.39, 0.29) is 22.8 Å². The molecule has 0 fully saturated rings. The summed E-state index contributed by atoms with van der Waals surface area (Å²) in [4.78, 5) is 39.5. The molecule has 0 radical (unpaired) electrons. The average Bonchev–Trinajstić information content (AvgIpc) is 2.84. The molecule has 9 nitrogen and oxygen atoms in total. The quantitative estimate of drug-likeness (QED) is 0.712. The molecule has 0 bridgehead atoms. The number of nitrogens with two attached hydrogens (primary N) is 2. The van der Waals surface area contributed by atoms with Gasteiger partial charge in [0.25, 0.3) is 0 Å². The van der Waals surface area contributed by atoms with Gasteiger partial charge in [-0.25, -0.2) is 4.79 Å². The van der Waals surface area contributed by atoms with Crippen molar-refractivity contribution in [3.8, 4) is 6.07 Å². The lowest BCUT2D eigenvalue weighted by Gasteiger charge is -2.34. The predicted octanol–water partition coefficient (Wildman–Crippen LogP) is 0.706. The minimum Gasteiger partial charge on any atom is -0.459 e. The number of anilines is 1. The number of benzene rings is 1. The van der Waals surface area contributed by atoms with Gasteiger partial charge in [-0.15, -0.1) is 0 Å². The fraction of sp³-hybridized carbons (Fsp3) is 0.300. The van der Waals surface area contributed by atoms with E-state index in [4.69, 9.17) is 20.9 Å². The summed E-state index contributed by atoms with van der Waals surface area (Å²) < 4.78 is 10.8. The van der Waals surface area contributed by atoms with E-state index in [1.165, 1.54) is 6.92 Å². The molecule has 3 rings (SSSR count). The number of rotatable bonds is 4. The first-order valence-electron chi connectivity index (χ1n) is 8.86. The van der Waals surface area contributed by atoms with Crippen molar-refractivity contribution in [2.24, 2.45) is 11.5 Å². The number of hydrogen-bond donors (Lipinski definition) is 2. The number of nitrogens with zero attached hydrogens (tertiary/aromatic N) is 2. The van der Waals surface area contributed by atoms with Crippen molar-refractivity contribution in [1.29, 1.82) is 5.26 Å². The molecule has 150 valence electrons. The molecule has 0 unspecified atom stereocenters. The molecule has 2 aliphatic heterocycles. The Balaban J connectivity index is 2.38. The van der Waals surface area contributed by atoms with Crippen LogP contribution in [0.1, 0.15) is 26.3 Å². The third kappa shape index (κ3) is 2.81. The second kappa shape index (κ2) is 6.98. The van der Waals surface area contributed by atoms with Crippen LogP contribution in [-0.4, -0.2) is 30.4 Å². The Morgan fingerprint density at radius 3 is 2.59 bits per heavy atom. The van der Waals surface area contributed by atoms with Crippen molar-refractivity contribution < 1.29 is 23.9 Å². The SMILES string of the molecule is CC1=C(C(=O)OC(C)C)[C@@]2(C(=O)N(CC(N)=O)c3ccccc32)C(C#N)=C(N)O1. The third-order valence-electron chi connectivity index (χ3n) is 4.75.